The Morgan fingerprint density at radius 2 is 1.86 bits per heavy atom. The summed E-state index contributed by atoms with van der Waals surface area (Å²) in [7, 11) is 1.44. The third kappa shape index (κ3) is 5.12. The maximum Gasteiger partial charge on any atom is 0.306 e. The zero-order valence-corrected chi connectivity index (χ0v) is 12.8. The number of rotatable bonds is 6. The molecule has 1 fully saturated rings. The number of carbonyl (C=O) groups is 1. The van der Waals surface area contributed by atoms with Gasteiger partial charge in [-0.15, -0.1) is 0 Å². The van der Waals surface area contributed by atoms with Crippen molar-refractivity contribution in [1.29, 1.82) is 0 Å². The lowest BCUT2D eigenvalue weighted by atomic mass is 10.1. The smallest absolute Gasteiger partial charge is 0.306 e. The largest absolute Gasteiger partial charge is 0.469 e. The van der Waals surface area contributed by atoms with Gasteiger partial charge in [0.15, 0.2) is 0 Å². The minimum absolute atomic E-state index is 0.129. The molecule has 1 aromatic rings. The average Bonchev–Trinajstić information content (AvgIpc) is 2.54. The Morgan fingerprint density at radius 1 is 1.19 bits per heavy atom. The van der Waals surface area contributed by atoms with Crippen molar-refractivity contribution in [2.24, 2.45) is 5.73 Å². The fourth-order valence-corrected chi connectivity index (χ4v) is 2.64. The third-order valence-corrected chi connectivity index (χ3v) is 3.96. The summed E-state index contributed by atoms with van der Waals surface area (Å²) in [5.41, 5.74) is 8.19. The summed E-state index contributed by atoms with van der Waals surface area (Å²) in [5, 5.41) is 0. The Labute approximate surface area is 126 Å². The van der Waals surface area contributed by atoms with Gasteiger partial charge in [-0.2, -0.15) is 0 Å². The van der Waals surface area contributed by atoms with Crippen molar-refractivity contribution in [1.82, 2.24) is 9.80 Å². The van der Waals surface area contributed by atoms with E-state index in [9.17, 15) is 4.79 Å². The van der Waals surface area contributed by atoms with E-state index in [4.69, 9.17) is 5.73 Å². The second-order valence-corrected chi connectivity index (χ2v) is 5.47. The molecule has 2 rings (SSSR count). The number of hydrogen-bond acceptors (Lipinski definition) is 5. The van der Waals surface area contributed by atoms with Crippen LogP contribution >= 0.6 is 0 Å². The van der Waals surface area contributed by atoms with E-state index in [0.29, 0.717) is 13.0 Å². The molecule has 5 nitrogen and oxygen atoms in total. The molecular weight excluding hydrogens is 266 g/mol. The normalized spacial score (nSPS) is 16.9. The lowest BCUT2D eigenvalue weighted by Gasteiger charge is -2.34. The molecule has 5 heteroatoms. The summed E-state index contributed by atoms with van der Waals surface area (Å²) in [5.74, 6) is -0.129. The molecule has 2 N–H and O–H groups in total. The average molecular weight is 291 g/mol. The molecule has 1 aromatic carbocycles. The van der Waals surface area contributed by atoms with Gasteiger partial charge in [-0.25, -0.2) is 0 Å². The van der Waals surface area contributed by atoms with Crippen LogP contribution < -0.4 is 5.73 Å². The van der Waals surface area contributed by atoms with Crippen molar-refractivity contribution in [3.8, 4) is 0 Å². The molecule has 1 aliphatic heterocycles. The Morgan fingerprint density at radius 3 is 2.52 bits per heavy atom. The summed E-state index contributed by atoms with van der Waals surface area (Å²) in [6.07, 6.45) is 0.481. The SMILES string of the molecule is COC(=O)CCN1CCN(Cc2cccc(CN)c2)CC1. The third-order valence-electron chi connectivity index (χ3n) is 3.96. The lowest BCUT2D eigenvalue weighted by molar-refractivity contribution is -0.141. The first-order chi connectivity index (χ1) is 10.2. The number of carbonyl (C=O) groups excluding carboxylic acids is 1. The maximum absolute atomic E-state index is 11.2. The molecule has 1 saturated heterocycles. The van der Waals surface area contributed by atoms with E-state index in [1.165, 1.54) is 18.2 Å². The van der Waals surface area contributed by atoms with Gasteiger partial charge >= 0.3 is 5.97 Å². The number of nitrogens with two attached hydrogens (primary N) is 1. The van der Waals surface area contributed by atoms with E-state index in [2.05, 4.69) is 38.8 Å². The monoisotopic (exact) mass is 291 g/mol. The molecule has 1 heterocycles. The first-order valence-corrected chi connectivity index (χ1v) is 7.50. The van der Waals surface area contributed by atoms with E-state index < -0.39 is 0 Å². The van der Waals surface area contributed by atoms with Gasteiger partial charge in [0.05, 0.1) is 13.5 Å². The van der Waals surface area contributed by atoms with Gasteiger partial charge in [-0.05, 0) is 11.1 Å². The van der Waals surface area contributed by atoms with Crippen LogP contribution in [0.4, 0.5) is 0 Å². The zero-order valence-electron chi connectivity index (χ0n) is 12.8. The van der Waals surface area contributed by atoms with Crippen LogP contribution in [0.15, 0.2) is 24.3 Å². The lowest BCUT2D eigenvalue weighted by Crippen LogP contribution is -2.46. The number of esters is 1. The molecule has 0 aromatic heterocycles. The van der Waals surface area contributed by atoms with Crippen LogP contribution in [0.3, 0.4) is 0 Å². The molecule has 0 atom stereocenters. The van der Waals surface area contributed by atoms with Crippen molar-refractivity contribution in [2.45, 2.75) is 19.5 Å². The minimum atomic E-state index is -0.129. The molecule has 0 unspecified atom stereocenters. The molecule has 0 bridgehead atoms. The quantitative estimate of drug-likeness (QED) is 0.787. The first kappa shape index (κ1) is 15.9. The standard InChI is InChI=1S/C16H25N3O2/c1-21-16(20)5-6-18-7-9-19(10-8-18)13-15-4-2-3-14(11-15)12-17/h2-4,11H,5-10,12-13,17H2,1H3. The second kappa shape index (κ2) is 8.12. The predicted octanol–water partition coefficient (Wildman–Crippen LogP) is 0.826. The van der Waals surface area contributed by atoms with Gasteiger partial charge in [-0.3, -0.25) is 9.69 Å². The Hall–Kier alpha value is -1.43. The Bertz CT molecular complexity index is 457. The minimum Gasteiger partial charge on any atom is -0.469 e. The maximum atomic E-state index is 11.2. The molecule has 0 radical (unpaired) electrons. The molecule has 0 saturated carbocycles. The number of ether oxygens (including phenoxy) is 1. The summed E-state index contributed by atoms with van der Waals surface area (Å²) in [6, 6.07) is 8.48. The highest BCUT2D eigenvalue weighted by Gasteiger charge is 2.17. The molecular formula is C16H25N3O2. The second-order valence-electron chi connectivity index (χ2n) is 5.47. The fraction of sp³-hybridized carbons (Fsp3) is 0.562. The first-order valence-electron chi connectivity index (χ1n) is 7.50. The van der Waals surface area contributed by atoms with Gasteiger partial charge < -0.3 is 15.4 Å². The van der Waals surface area contributed by atoms with E-state index in [1.807, 2.05) is 0 Å². The van der Waals surface area contributed by atoms with Gasteiger partial charge in [0, 0.05) is 45.8 Å². The van der Waals surface area contributed by atoms with Crippen LogP contribution in [0.25, 0.3) is 0 Å². The van der Waals surface area contributed by atoms with Crippen LogP contribution in [0.5, 0.6) is 0 Å². The highest BCUT2D eigenvalue weighted by Crippen LogP contribution is 2.11. The molecule has 21 heavy (non-hydrogen) atoms. The zero-order chi connectivity index (χ0) is 15.1. The molecule has 0 spiro atoms. The Kier molecular flexibility index (Phi) is 6.17. The van der Waals surface area contributed by atoms with Crippen LogP contribution in [0.1, 0.15) is 17.5 Å². The molecule has 116 valence electrons. The Balaban J connectivity index is 1.74. The highest BCUT2D eigenvalue weighted by atomic mass is 16.5. The van der Waals surface area contributed by atoms with Gasteiger partial charge in [-0.1, -0.05) is 24.3 Å². The van der Waals surface area contributed by atoms with Crippen LogP contribution in [0, 0.1) is 0 Å². The number of hydrogen-bond donors (Lipinski definition) is 1. The van der Waals surface area contributed by atoms with Crippen molar-refractivity contribution < 1.29 is 9.53 Å². The summed E-state index contributed by atoms with van der Waals surface area (Å²) < 4.78 is 4.68. The van der Waals surface area contributed by atoms with E-state index in [1.54, 1.807) is 0 Å². The topological polar surface area (TPSA) is 58.8 Å². The van der Waals surface area contributed by atoms with Crippen LogP contribution in [0.2, 0.25) is 0 Å². The number of nitrogens with zero attached hydrogens (tertiary/aromatic N) is 2. The van der Waals surface area contributed by atoms with Crippen molar-refractivity contribution in [3.05, 3.63) is 35.4 Å². The summed E-state index contributed by atoms with van der Waals surface area (Å²) in [6.45, 7) is 6.44. The molecule has 1 aliphatic rings. The molecule has 0 amide bonds. The number of piperazine rings is 1. The van der Waals surface area contributed by atoms with E-state index in [-0.39, 0.29) is 5.97 Å². The van der Waals surface area contributed by atoms with Crippen molar-refractivity contribution >= 4 is 5.97 Å². The summed E-state index contributed by atoms with van der Waals surface area (Å²) >= 11 is 0. The van der Waals surface area contributed by atoms with Gasteiger partial charge in [0.2, 0.25) is 0 Å². The van der Waals surface area contributed by atoms with Gasteiger partial charge in [0.25, 0.3) is 0 Å². The van der Waals surface area contributed by atoms with Crippen LogP contribution in [-0.2, 0) is 22.6 Å². The molecule has 0 aliphatic carbocycles. The highest BCUT2D eigenvalue weighted by molar-refractivity contribution is 5.69. The van der Waals surface area contributed by atoms with Crippen molar-refractivity contribution in [2.75, 3.05) is 39.8 Å². The number of methoxy groups -OCH3 is 1. The van der Waals surface area contributed by atoms with E-state index >= 15 is 0 Å². The predicted molar refractivity (Wildman–Crippen MR) is 82.7 cm³/mol. The van der Waals surface area contributed by atoms with Gasteiger partial charge in [0.1, 0.15) is 0 Å². The van der Waals surface area contributed by atoms with Crippen molar-refractivity contribution in [3.63, 3.8) is 0 Å². The summed E-state index contributed by atoms with van der Waals surface area (Å²) in [4.78, 5) is 15.9. The van der Waals surface area contributed by atoms with Crippen LogP contribution in [-0.4, -0.2) is 55.6 Å². The fourth-order valence-electron chi connectivity index (χ4n) is 2.64. The van der Waals surface area contributed by atoms with E-state index in [0.717, 1.165) is 39.3 Å². The number of benzene rings is 1.